The largest absolute Gasteiger partial charge is 0.370 e. The fraction of sp³-hybridized carbons (Fsp3) is 0.500. The van der Waals surface area contributed by atoms with Gasteiger partial charge in [0.05, 0.1) is 22.5 Å². The van der Waals surface area contributed by atoms with Crippen LogP contribution < -0.4 is 16.4 Å². The quantitative estimate of drug-likeness (QED) is 0.598. The fourth-order valence-electron chi connectivity index (χ4n) is 4.94. The van der Waals surface area contributed by atoms with Gasteiger partial charge in [-0.05, 0) is 18.9 Å². The number of imide groups is 1. The molecule has 1 aromatic carbocycles. The summed E-state index contributed by atoms with van der Waals surface area (Å²) in [5.41, 5.74) is 4.93. The number of anilines is 1. The maximum absolute atomic E-state index is 13.3. The molecule has 4 rings (SSSR count). The molecule has 0 unspecified atom stereocenters. The van der Waals surface area contributed by atoms with Crippen molar-refractivity contribution >= 4 is 40.9 Å². The van der Waals surface area contributed by atoms with E-state index in [9.17, 15) is 19.2 Å². The first kappa shape index (κ1) is 19.8. The summed E-state index contributed by atoms with van der Waals surface area (Å²) in [5, 5.41) is 6.40. The lowest BCUT2D eigenvalue weighted by molar-refractivity contribution is -0.143. The summed E-state index contributed by atoms with van der Waals surface area (Å²) in [6, 6.07) is 4.59. The van der Waals surface area contributed by atoms with E-state index in [1.165, 1.54) is 4.90 Å². The molecule has 0 radical (unpaired) electrons. The number of hydrogen-bond donors (Lipinski definition) is 3. The molecule has 0 aliphatic carbocycles. The normalized spacial score (nSPS) is 30.1. The number of rotatable bonds is 6. The first-order valence-electron chi connectivity index (χ1n) is 9.84. The highest BCUT2D eigenvalue weighted by Gasteiger charge is 2.70. The molecule has 4 amide bonds. The maximum atomic E-state index is 13.3. The molecular weight excluding hydrogens is 396 g/mol. The second-order valence-corrected chi connectivity index (χ2v) is 8.27. The van der Waals surface area contributed by atoms with Crippen LogP contribution in [-0.4, -0.2) is 41.1 Å². The van der Waals surface area contributed by atoms with Crippen molar-refractivity contribution in [3.63, 3.8) is 0 Å². The molecule has 0 saturated carbocycles. The number of carbonyl (C=O) groups excluding carboxylic acids is 4. The third kappa shape index (κ3) is 2.77. The molecule has 1 aromatic rings. The number of hydrogen-bond acceptors (Lipinski definition) is 5. The molecule has 8 nitrogen and oxygen atoms in total. The van der Waals surface area contributed by atoms with Gasteiger partial charge in [0.2, 0.25) is 23.6 Å². The van der Waals surface area contributed by atoms with Crippen LogP contribution in [0, 0.1) is 11.8 Å². The first-order chi connectivity index (χ1) is 13.8. The molecule has 4 N–H and O–H groups in total. The van der Waals surface area contributed by atoms with Crippen LogP contribution in [-0.2, 0) is 24.7 Å². The first-order valence-corrected chi connectivity index (χ1v) is 10.2. The minimum absolute atomic E-state index is 0.0530. The van der Waals surface area contributed by atoms with Crippen LogP contribution in [0.1, 0.15) is 38.2 Å². The number of likely N-dealkylation sites (tertiary alicyclic amines) is 1. The van der Waals surface area contributed by atoms with E-state index in [4.69, 9.17) is 17.3 Å². The van der Waals surface area contributed by atoms with E-state index < -0.39 is 35.2 Å². The Morgan fingerprint density at radius 3 is 2.72 bits per heavy atom. The topological polar surface area (TPSA) is 122 Å². The maximum Gasteiger partial charge on any atom is 0.250 e. The van der Waals surface area contributed by atoms with Crippen molar-refractivity contribution in [3.05, 3.63) is 28.8 Å². The van der Waals surface area contributed by atoms with Gasteiger partial charge in [-0.25, -0.2) is 0 Å². The highest BCUT2D eigenvalue weighted by Crippen LogP contribution is 2.54. The molecule has 0 bridgehead atoms. The van der Waals surface area contributed by atoms with Crippen molar-refractivity contribution in [3.8, 4) is 0 Å². The highest BCUT2D eigenvalue weighted by molar-refractivity contribution is 6.35. The van der Waals surface area contributed by atoms with Crippen LogP contribution in [0.3, 0.4) is 0 Å². The summed E-state index contributed by atoms with van der Waals surface area (Å²) in [6.45, 7) is 2.30. The summed E-state index contributed by atoms with van der Waals surface area (Å²) in [4.78, 5) is 52.4. The molecule has 1 spiro atoms. The van der Waals surface area contributed by atoms with Gasteiger partial charge in [-0.15, -0.1) is 0 Å². The van der Waals surface area contributed by atoms with Crippen LogP contribution in [0.2, 0.25) is 5.02 Å². The van der Waals surface area contributed by atoms with Gasteiger partial charge in [-0.2, -0.15) is 0 Å². The Morgan fingerprint density at radius 1 is 1.28 bits per heavy atom. The van der Waals surface area contributed by atoms with Crippen molar-refractivity contribution in [1.29, 1.82) is 0 Å². The number of benzene rings is 1. The van der Waals surface area contributed by atoms with Gasteiger partial charge in [0.15, 0.2) is 0 Å². The van der Waals surface area contributed by atoms with Gasteiger partial charge < -0.3 is 11.1 Å². The molecule has 2 fully saturated rings. The van der Waals surface area contributed by atoms with Crippen LogP contribution in [0.25, 0.3) is 0 Å². The number of carbonyl (C=O) groups is 4. The molecule has 3 aliphatic rings. The third-order valence-electron chi connectivity index (χ3n) is 6.23. The summed E-state index contributed by atoms with van der Waals surface area (Å²) in [6.07, 6.45) is 1.84. The Labute approximate surface area is 173 Å². The number of nitrogens with zero attached hydrogens (tertiary/aromatic N) is 1. The summed E-state index contributed by atoms with van der Waals surface area (Å²) in [5.74, 6) is -3.17. The average Bonchev–Trinajstić information content (AvgIpc) is 3.25. The second kappa shape index (κ2) is 7.11. The number of primary amides is 1. The lowest BCUT2D eigenvalue weighted by Gasteiger charge is -2.29. The molecule has 9 heteroatoms. The van der Waals surface area contributed by atoms with E-state index in [1.807, 2.05) is 6.92 Å². The Bertz CT molecular complexity index is 920. The van der Waals surface area contributed by atoms with Crippen molar-refractivity contribution in [2.75, 3.05) is 11.9 Å². The molecule has 4 atom stereocenters. The molecule has 154 valence electrons. The van der Waals surface area contributed by atoms with E-state index in [0.717, 1.165) is 6.42 Å². The van der Waals surface area contributed by atoms with Gasteiger partial charge in [-0.1, -0.05) is 37.1 Å². The SMILES string of the molecule is CCCCN1C(=O)[C@H]2[C@H](CCC(N)=O)N[C@@]3(C(=O)Nc4c(Cl)cccc43)[C@@H]2C1=O. The summed E-state index contributed by atoms with van der Waals surface area (Å²) in [7, 11) is 0. The van der Waals surface area contributed by atoms with Gasteiger partial charge >= 0.3 is 0 Å². The zero-order valence-corrected chi connectivity index (χ0v) is 16.8. The highest BCUT2D eigenvalue weighted by atomic mass is 35.5. The standard InChI is InChI=1S/C20H23ClN4O4/c1-2-3-9-25-17(27)14-12(7-8-13(22)26)24-20(15(14)18(25)28)10-5-4-6-11(21)16(10)23-19(20)29/h4-6,12,14-15,24H,2-3,7-9H2,1H3,(H2,22,26)(H,23,29)/t12-,14-,15-,20+/m0/s1. The van der Waals surface area contributed by atoms with E-state index in [0.29, 0.717) is 29.2 Å². The van der Waals surface area contributed by atoms with Gasteiger partial charge in [0.1, 0.15) is 5.54 Å². The van der Waals surface area contributed by atoms with E-state index in [2.05, 4.69) is 10.6 Å². The smallest absolute Gasteiger partial charge is 0.250 e. The fourth-order valence-corrected chi connectivity index (χ4v) is 5.16. The van der Waals surface area contributed by atoms with Crippen molar-refractivity contribution < 1.29 is 19.2 Å². The lowest BCUT2D eigenvalue weighted by atomic mass is 9.76. The molecule has 3 heterocycles. The molecule has 29 heavy (non-hydrogen) atoms. The van der Waals surface area contributed by atoms with Crippen molar-refractivity contribution in [2.45, 2.75) is 44.2 Å². The van der Waals surface area contributed by atoms with Crippen LogP contribution >= 0.6 is 11.6 Å². The number of para-hydroxylation sites is 1. The molecule has 3 aliphatic heterocycles. The monoisotopic (exact) mass is 418 g/mol. The zero-order chi connectivity index (χ0) is 20.9. The Morgan fingerprint density at radius 2 is 2.03 bits per heavy atom. The van der Waals surface area contributed by atoms with Crippen LogP contribution in [0.5, 0.6) is 0 Å². The average molecular weight is 419 g/mol. The zero-order valence-electron chi connectivity index (χ0n) is 16.0. The van der Waals surface area contributed by atoms with Gasteiger partial charge in [0, 0.05) is 24.6 Å². The Hall–Kier alpha value is -2.45. The van der Waals surface area contributed by atoms with Gasteiger partial charge in [0.25, 0.3) is 0 Å². The van der Waals surface area contributed by atoms with Gasteiger partial charge in [-0.3, -0.25) is 29.4 Å². The third-order valence-corrected chi connectivity index (χ3v) is 6.54. The minimum atomic E-state index is -1.39. The summed E-state index contributed by atoms with van der Waals surface area (Å²) < 4.78 is 0. The number of amides is 4. The predicted molar refractivity (Wildman–Crippen MR) is 106 cm³/mol. The van der Waals surface area contributed by atoms with E-state index in [-0.39, 0.29) is 24.7 Å². The van der Waals surface area contributed by atoms with Crippen molar-refractivity contribution in [1.82, 2.24) is 10.2 Å². The number of nitrogens with two attached hydrogens (primary N) is 1. The Kier molecular flexibility index (Phi) is 4.86. The lowest BCUT2D eigenvalue weighted by Crippen LogP contribution is -2.53. The molecule has 0 aromatic heterocycles. The van der Waals surface area contributed by atoms with Crippen LogP contribution in [0.15, 0.2) is 18.2 Å². The molecular formula is C20H23ClN4O4. The number of halogens is 1. The van der Waals surface area contributed by atoms with Crippen LogP contribution in [0.4, 0.5) is 5.69 Å². The Balaban J connectivity index is 1.81. The minimum Gasteiger partial charge on any atom is -0.370 e. The van der Waals surface area contributed by atoms with E-state index >= 15 is 0 Å². The van der Waals surface area contributed by atoms with Crippen molar-refractivity contribution in [2.24, 2.45) is 17.6 Å². The summed E-state index contributed by atoms with van der Waals surface area (Å²) >= 11 is 6.27. The van der Waals surface area contributed by atoms with E-state index in [1.54, 1.807) is 18.2 Å². The predicted octanol–water partition coefficient (Wildman–Crippen LogP) is 1.13. The number of fused-ring (bicyclic) bond motifs is 4. The number of unbranched alkanes of at least 4 members (excludes halogenated alkanes) is 1. The second-order valence-electron chi connectivity index (χ2n) is 7.87. The molecule has 2 saturated heterocycles. The number of nitrogens with one attached hydrogen (secondary N) is 2.